The quantitative estimate of drug-likeness (QED) is 0.0175. The molecule has 7 aromatic rings. The molecule has 20 heteroatoms. The van der Waals surface area contributed by atoms with Crippen molar-refractivity contribution in [2.75, 3.05) is 51.8 Å². The Morgan fingerprint density at radius 2 is 1.26 bits per heavy atom. The molecular formula is C61H71N9O10S. The minimum atomic E-state index is -4.30. The van der Waals surface area contributed by atoms with Crippen LogP contribution in [0.3, 0.4) is 0 Å². The van der Waals surface area contributed by atoms with Gasteiger partial charge in [0.1, 0.15) is 17.1 Å². The summed E-state index contributed by atoms with van der Waals surface area (Å²) in [6.45, 7) is 8.58. The van der Waals surface area contributed by atoms with Gasteiger partial charge in [-0.2, -0.15) is 4.72 Å². The lowest BCUT2D eigenvalue weighted by Crippen LogP contribution is -2.49. The highest BCUT2D eigenvalue weighted by Gasteiger charge is 2.40. The van der Waals surface area contributed by atoms with Gasteiger partial charge in [-0.25, -0.2) is 13.4 Å². The fourth-order valence-electron chi connectivity index (χ4n) is 10.00. The molecule has 5 aromatic carbocycles. The zero-order valence-electron chi connectivity index (χ0n) is 46.4. The van der Waals surface area contributed by atoms with E-state index in [9.17, 15) is 37.2 Å². The summed E-state index contributed by atoms with van der Waals surface area (Å²) in [5.74, 6) is -1.95. The molecule has 0 saturated carbocycles. The van der Waals surface area contributed by atoms with Gasteiger partial charge < -0.3 is 40.6 Å². The smallest absolute Gasteiger partial charge is 0.325 e. The number of rotatable bonds is 29. The first-order valence-electron chi connectivity index (χ1n) is 27.0. The fourth-order valence-corrected chi connectivity index (χ4v) is 11.6. The van der Waals surface area contributed by atoms with E-state index in [2.05, 4.69) is 72.3 Å². The van der Waals surface area contributed by atoms with Crippen LogP contribution in [0.5, 0.6) is 0 Å². The van der Waals surface area contributed by atoms with Crippen LogP contribution in [0.2, 0.25) is 0 Å². The van der Waals surface area contributed by atoms with E-state index in [1.54, 1.807) is 48.9 Å². The zero-order chi connectivity index (χ0) is 57.9. The van der Waals surface area contributed by atoms with Gasteiger partial charge in [0.2, 0.25) is 39.1 Å². The highest BCUT2D eigenvalue weighted by molar-refractivity contribution is 7.89. The van der Waals surface area contributed by atoms with Crippen LogP contribution >= 0.6 is 0 Å². The van der Waals surface area contributed by atoms with E-state index in [0.717, 1.165) is 34.9 Å². The van der Waals surface area contributed by atoms with Gasteiger partial charge in [-0.3, -0.25) is 33.3 Å². The van der Waals surface area contributed by atoms with Crippen molar-refractivity contribution in [3.8, 4) is 0 Å². The number of benzene rings is 5. The molecule has 0 fully saturated rings. The molecule has 2 aromatic heterocycles. The highest BCUT2D eigenvalue weighted by atomic mass is 32.2. The van der Waals surface area contributed by atoms with Gasteiger partial charge in [0.15, 0.2) is 0 Å². The Balaban J connectivity index is 1.10. The molecule has 0 aliphatic heterocycles. The number of anilines is 1. The highest BCUT2D eigenvalue weighted by Crippen LogP contribution is 2.42. The minimum Gasteiger partial charge on any atom is -0.468 e. The van der Waals surface area contributed by atoms with E-state index >= 15 is 0 Å². The second kappa shape index (κ2) is 28.6. The predicted molar refractivity (Wildman–Crippen MR) is 310 cm³/mol. The van der Waals surface area contributed by atoms with E-state index in [1.807, 2.05) is 73.8 Å². The average molecular weight is 1120 g/mol. The molecule has 0 aliphatic carbocycles. The van der Waals surface area contributed by atoms with Crippen LogP contribution in [0.1, 0.15) is 88.3 Å². The number of carbonyl (C=O) groups excluding carboxylic acids is 5. The molecule has 19 nitrogen and oxygen atoms in total. The van der Waals surface area contributed by atoms with Crippen molar-refractivity contribution in [2.24, 2.45) is 0 Å². The Hall–Kier alpha value is -8.46. The molecule has 0 radical (unpaired) electrons. The van der Waals surface area contributed by atoms with E-state index in [4.69, 9.17) is 14.5 Å². The van der Waals surface area contributed by atoms with Crippen molar-refractivity contribution in [1.29, 1.82) is 0 Å². The van der Waals surface area contributed by atoms with Crippen LogP contribution in [0, 0.1) is 20.8 Å². The summed E-state index contributed by atoms with van der Waals surface area (Å²) >= 11 is 0. The summed E-state index contributed by atoms with van der Waals surface area (Å²) in [7, 11) is -3.20. The maximum Gasteiger partial charge on any atom is 0.325 e. The Kier molecular flexibility index (Phi) is 21.3. The lowest BCUT2D eigenvalue weighted by atomic mass is 9.76. The number of amides is 4. The number of methoxy groups -OCH3 is 1. The van der Waals surface area contributed by atoms with Crippen LogP contribution in [0.4, 0.5) is 5.95 Å². The summed E-state index contributed by atoms with van der Waals surface area (Å²) in [5.41, 5.74) is 4.37. The number of esters is 1. The fraction of sp³-hybridized carbons (Fsp3) is 0.328. The Labute approximate surface area is 472 Å². The standard InChI is InChI=1S/C61H71N9O10S/c1-42-36-43(2)57(44(3)37-42)81(77,78)68-52(59(76)79-5)40-66-58(75)51-41-69(32-15-28-63-54(72)26-27-55(73)64-30-17-35-80-34-16-29-62-45(4)71)53-38-46(24-25-50(53)56(51)74)39-67-60-65-31-33-70(60)61(47-18-9-6-10-19-47,48-20-11-7-12-21-48)49-22-13-8-14-23-49/h6-14,18-25,31,33,36-38,41,52,68H,15-17,26-30,32,34-35,39-40H2,1-5H3,(H,62,71)(H,63,72)(H,64,73)(H,65,67)(H,66,75)/t52-/m0/s1. The average Bonchev–Trinajstić information content (AvgIpc) is 4.20. The van der Waals surface area contributed by atoms with E-state index in [1.165, 1.54) is 13.1 Å². The number of aryl methyl sites for hydroxylation is 4. The second-order valence-electron chi connectivity index (χ2n) is 19.7. The number of nitrogens with zero attached hydrogens (tertiary/aromatic N) is 3. The van der Waals surface area contributed by atoms with Gasteiger partial charge >= 0.3 is 5.97 Å². The lowest BCUT2D eigenvalue weighted by molar-refractivity contribution is -0.142. The number of ether oxygens (including phenoxy) is 2. The largest absolute Gasteiger partial charge is 0.468 e. The first-order chi connectivity index (χ1) is 39.0. The zero-order valence-corrected chi connectivity index (χ0v) is 47.2. The second-order valence-corrected chi connectivity index (χ2v) is 21.3. The molecule has 4 amide bonds. The van der Waals surface area contributed by atoms with Crippen molar-refractivity contribution >= 4 is 56.5 Å². The number of imidazole rings is 1. The number of nitrogens with one attached hydrogen (secondary N) is 6. The molecule has 81 heavy (non-hydrogen) atoms. The third-order valence-electron chi connectivity index (χ3n) is 13.6. The summed E-state index contributed by atoms with van der Waals surface area (Å²) in [4.78, 5) is 82.8. The number of pyridine rings is 1. The lowest BCUT2D eigenvalue weighted by Gasteiger charge is -2.38. The number of sulfonamides is 1. The van der Waals surface area contributed by atoms with Crippen molar-refractivity contribution in [2.45, 2.75) is 89.4 Å². The van der Waals surface area contributed by atoms with Crippen LogP contribution in [-0.4, -0.2) is 105 Å². The van der Waals surface area contributed by atoms with Gasteiger partial charge in [-0.05, 0) is 85.5 Å². The molecular weight excluding hydrogens is 1050 g/mol. The molecule has 7 rings (SSSR count). The monoisotopic (exact) mass is 1120 g/mol. The molecule has 1 atom stereocenters. The van der Waals surface area contributed by atoms with Crippen molar-refractivity contribution < 1.29 is 41.9 Å². The summed E-state index contributed by atoms with van der Waals surface area (Å²) < 4.78 is 44.2. The molecule has 0 bridgehead atoms. The third-order valence-corrected chi connectivity index (χ3v) is 15.4. The van der Waals surface area contributed by atoms with Gasteiger partial charge in [-0.1, -0.05) is 115 Å². The molecule has 0 spiro atoms. The van der Waals surface area contributed by atoms with Gasteiger partial charge in [0.25, 0.3) is 5.91 Å². The molecule has 0 saturated heterocycles. The number of carbonyl (C=O) groups is 5. The van der Waals surface area contributed by atoms with E-state index in [0.29, 0.717) is 68.2 Å². The van der Waals surface area contributed by atoms with Gasteiger partial charge in [0.05, 0.1) is 17.5 Å². The maximum absolute atomic E-state index is 14.4. The summed E-state index contributed by atoms with van der Waals surface area (Å²) in [6.07, 6.45) is 6.68. The SMILES string of the molecule is COC(=O)[C@H](CNC(=O)c1cn(CCCNC(=O)CCC(=O)NCCCOCCCNC(C)=O)c2cc(CNc3nccn3C(c3ccccc3)(c3ccccc3)c3ccccc3)ccc2c1=O)NS(=O)(=O)c1c(C)cc(C)cc1C. The van der Waals surface area contributed by atoms with Crippen LogP contribution < -0.4 is 36.7 Å². The minimum absolute atomic E-state index is 0.00593. The predicted octanol–water partition coefficient (Wildman–Crippen LogP) is 6.16. The topological polar surface area (TPSA) is 250 Å². The first kappa shape index (κ1) is 60.2. The number of aromatic nitrogens is 3. The van der Waals surface area contributed by atoms with Crippen LogP contribution in [0.25, 0.3) is 10.9 Å². The van der Waals surface area contributed by atoms with E-state index < -0.39 is 45.5 Å². The number of hydrogen-bond acceptors (Lipinski definition) is 12. The summed E-state index contributed by atoms with van der Waals surface area (Å²) in [6, 6.07) is 37.8. The molecule has 2 heterocycles. The van der Waals surface area contributed by atoms with Crippen molar-refractivity contribution in [3.63, 3.8) is 0 Å². The number of hydrogen-bond donors (Lipinski definition) is 6. The van der Waals surface area contributed by atoms with Crippen LogP contribution in [0.15, 0.2) is 150 Å². The van der Waals surface area contributed by atoms with Crippen LogP contribution in [-0.2, 0) is 57.3 Å². The van der Waals surface area contributed by atoms with Crippen molar-refractivity contribution in [1.82, 2.24) is 40.1 Å². The molecule has 0 unspecified atom stereocenters. The molecule has 6 N–H and O–H groups in total. The van der Waals surface area contributed by atoms with Gasteiger partial charge in [-0.15, -0.1) is 0 Å². The normalized spacial score (nSPS) is 11.9. The maximum atomic E-state index is 14.4. The third kappa shape index (κ3) is 15.5. The van der Waals surface area contributed by atoms with Crippen molar-refractivity contribution in [3.05, 3.63) is 195 Å². The first-order valence-corrected chi connectivity index (χ1v) is 28.4. The van der Waals surface area contributed by atoms with E-state index in [-0.39, 0.29) is 66.0 Å². The molecule has 426 valence electrons. The summed E-state index contributed by atoms with van der Waals surface area (Å²) in [5, 5.41) is 14.7. The van der Waals surface area contributed by atoms with Gasteiger partial charge in [0, 0.05) is 96.2 Å². The Morgan fingerprint density at radius 3 is 1.81 bits per heavy atom. The Morgan fingerprint density at radius 1 is 0.704 bits per heavy atom. The molecule has 0 aliphatic rings. The number of fused-ring (bicyclic) bond motifs is 1. The Bertz CT molecular complexity index is 3360.